The van der Waals surface area contributed by atoms with Gasteiger partial charge in [0.1, 0.15) is 0 Å². The third-order valence-corrected chi connectivity index (χ3v) is 2.80. The number of hydrogen-bond donors (Lipinski definition) is 1. The van der Waals surface area contributed by atoms with E-state index in [4.69, 9.17) is 0 Å². The molecule has 1 nitrogen and oxygen atoms in total. The molecule has 1 aliphatic carbocycles. The highest BCUT2D eigenvalue weighted by atomic mass is 14.9. The molecule has 1 aliphatic heterocycles. The summed E-state index contributed by atoms with van der Waals surface area (Å²) in [5.41, 5.74) is 1.72. The van der Waals surface area contributed by atoms with Crippen LogP contribution in [0.15, 0.2) is 11.6 Å². The molecule has 2 aliphatic rings. The van der Waals surface area contributed by atoms with Crippen LogP contribution in [0.2, 0.25) is 0 Å². The second-order valence-electron chi connectivity index (χ2n) is 3.77. The van der Waals surface area contributed by atoms with E-state index in [1.807, 2.05) is 0 Å². The Kier molecular flexibility index (Phi) is 1.99. The standard InChI is InChI=1S/C10H17N/c1-2-3-10-7-9-6-8(9)4-5-11-10/h6,9-11H,2-5,7H2,1H3/t9?,10-/m1/s1. The van der Waals surface area contributed by atoms with Gasteiger partial charge in [-0.1, -0.05) is 25.0 Å². The summed E-state index contributed by atoms with van der Waals surface area (Å²) in [6.45, 7) is 3.49. The lowest BCUT2D eigenvalue weighted by molar-refractivity contribution is 0.459. The third kappa shape index (κ3) is 1.64. The Hall–Kier alpha value is -0.300. The molecular weight excluding hydrogens is 134 g/mol. The van der Waals surface area contributed by atoms with Crippen molar-refractivity contribution in [3.63, 3.8) is 0 Å². The normalized spacial score (nSPS) is 35.5. The summed E-state index contributed by atoms with van der Waals surface area (Å²) < 4.78 is 0. The molecule has 0 spiro atoms. The Labute approximate surface area is 68.9 Å². The first-order valence-corrected chi connectivity index (χ1v) is 4.84. The van der Waals surface area contributed by atoms with Gasteiger partial charge in [0, 0.05) is 6.04 Å². The molecule has 1 N–H and O–H groups in total. The van der Waals surface area contributed by atoms with E-state index in [2.05, 4.69) is 18.3 Å². The Morgan fingerprint density at radius 3 is 3.36 bits per heavy atom. The molecule has 62 valence electrons. The molecule has 0 radical (unpaired) electrons. The fourth-order valence-corrected chi connectivity index (χ4v) is 2.08. The minimum Gasteiger partial charge on any atom is -0.314 e. The van der Waals surface area contributed by atoms with E-state index in [1.54, 1.807) is 5.57 Å². The summed E-state index contributed by atoms with van der Waals surface area (Å²) in [5.74, 6) is 0.904. The highest BCUT2D eigenvalue weighted by Gasteiger charge is 2.29. The van der Waals surface area contributed by atoms with Gasteiger partial charge in [-0.2, -0.15) is 0 Å². The Morgan fingerprint density at radius 1 is 1.64 bits per heavy atom. The summed E-state index contributed by atoms with van der Waals surface area (Å²) in [6, 6.07) is 0.807. The molecule has 1 fully saturated rings. The van der Waals surface area contributed by atoms with Gasteiger partial charge in [-0.25, -0.2) is 0 Å². The maximum Gasteiger partial charge on any atom is 0.00757 e. The lowest BCUT2D eigenvalue weighted by Gasteiger charge is -2.14. The Bertz CT molecular complexity index is 172. The zero-order valence-corrected chi connectivity index (χ0v) is 7.27. The average molecular weight is 151 g/mol. The molecule has 0 aromatic rings. The first kappa shape index (κ1) is 7.35. The van der Waals surface area contributed by atoms with Crippen molar-refractivity contribution in [1.29, 1.82) is 0 Å². The highest BCUT2D eigenvalue weighted by molar-refractivity contribution is 5.30. The molecule has 0 saturated carbocycles. The van der Waals surface area contributed by atoms with Crippen molar-refractivity contribution in [1.82, 2.24) is 5.32 Å². The average Bonchev–Trinajstić information content (AvgIpc) is 2.65. The van der Waals surface area contributed by atoms with Crippen LogP contribution in [0.3, 0.4) is 0 Å². The quantitative estimate of drug-likeness (QED) is 0.596. The van der Waals surface area contributed by atoms with Crippen LogP contribution in [0.1, 0.15) is 32.6 Å². The van der Waals surface area contributed by atoms with Gasteiger partial charge in [-0.3, -0.25) is 0 Å². The van der Waals surface area contributed by atoms with Crippen LogP contribution in [0, 0.1) is 5.92 Å². The molecule has 1 unspecified atom stereocenters. The van der Waals surface area contributed by atoms with Gasteiger partial charge in [0.15, 0.2) is 0 Å². The molecule has 0 aromatic heterocycles. The monoisotopic (exact) mass is 151 g/mol. The van der Waals surface area contributed by atoms with Crippen LogP contribution in [0.25, 0.3) is 0 Å². The van der Waals surface area contributed by atoms with Crippen molar-refractivity contribution in [2.45, 2.75) is 38.6 Å². The van der Waals surface area contributed by atoms with Crippen molar-refractivity contribution in [3.8, 4) is 0 Å². The summed E-state index contributed by atoms with van der Waals surface area (Å²) in [4.78, 5) is 0. The highest BCUT2D eigenvalue weighted by Crippen LogP contribution is 2.37. The van der Waals surface area contributed by atoms with Crippen LogP contribution in [-0.2, 0) is 0 Å². The summed E-state index contributed by atoms with van der Waals surface area (Å²) in [7, 11) is 0. The SMILES string of the molecule is CCC[C@@H]1CC2C=C2CCN1. The summed E-state index contributed by atoms with van der Waals surface area (Å²) >= 11 is 0. The molecule has 2 rings (SSSR count). The predicted molar refractivity (Wildman–Crippen MR) is 47.5 cm³/mol. The second kappa shape index (κ2) is 2.98. The molecular formula is C10H17N. The van der Waals surface area contributed by atoms with Crippen molar-refractivity contribution < 1.29 is 0 Å². The minimum atomic E-state index is 0.807. The minimum absolute atomic E-state index is 0.807. The summed E-state index contributed by atoms with van der Waals surface area (Å²) in [5, 5.41) is 3.60. The van der Waals surface area contributed by atoms with Gasteiger partial charge in [0.2, 0.25) is 0 Å². The van der Waals surface area contributed by atoms with E-state index in [-0.39, 0.29) is 0 Å². The molecule has 1 heteroatoms. The van der Waals surface area contributed by atoms with Crippen LogP contribution in [0.5, 0.6) is 0 Å². The first-order chi connectivity index (χ1) is 5.40. The molecule has 0 bridgehead atoms. The largest absolute Gasteiger partial charge is 0.314 e. The molecule has 1 heterocycles. The van der Waals surface area contributed by atoms with E-state index in [0.717, 1.165) is 12.0 Å². The van der Waals surface area contributed by atoms with Crippen molar-refractivity contribution >= 4 is 0 Å². The van der Waals surface area contributed by atoms with Gasteiger partial charge in [-0.15, -0.1) is 0 Å². The van der Waals surface area contributed by atoms with E-state index in [1.165, 1.54) is 32.2 Å². The predicted octanol–water partition coefficient (Wildman–Crippen LogP) is 2.09. The molecule has 11 heavy (non-hydrogen) atoms. The molecule has 2 atom stereocenters. The van der Waals surface area contributed by atoms with Crippen molar-refractivity contribution in [3.05, 3.63) is 11.6 Å². The zero-order chi connectivity index (χ0) is 7.68. The van der Waals surface area contributed by atoms with Crippen molar-refractivity contribution in [2.75, 3.05) is 6.54 Å². The third-order valence-electron chi connectivity index (χ3n) is 2.80. The lowest BCUT2D eigenvalue weighted by Crippen LogP contribution is -2.28. The maximum atomic E-state index is 3.60. The fourth-order valence-electron chi connectivity index (χ4n) is 2.08. The fraction of sp³-hybridized carbons (Fsp3) is 0.800. The van der Waals surface area contributed by atoms with Crippen LogP contribution < -0.4 is 5.32 Å². The van der Waals surface area contributed by atoms with Crippen LogP contribution in [0.4, 0.5) is 0 Å². The Balaban J connectivity index is 1.83. The topological polar surface area (TPSA) is 12.0 Å². The number of nitrogens with one attached hydrogen (secondary N) is 1. The number of hydrogen-bond acceptors (Lipinski definition) is 1. The zero-order valence-electron chi connectivity index (χ0n) is 7.27. The molecule has 0 amide bonds. The van der Waals surface area contributed by atoms with Crippen LogP contribution in [-0.4, -0.2) is 12.6 Å². The maximum absolute atomic E-state index is 3.60. The molecule has 1 saturated heterocycles. The smallest absolute Gasteiger partial charge is 0.00757 e. The Morgan fingerprint density at radius 2 is 2.55 bits per heavy atom. The van der Waals surface area contributed by atoms with E-state index < -0.39 is 0 Å². The molecule has 0 aromatic carbocycles. The van der Waals surface area contributed by atoms with Gasteiger partial charge in [0.25, 0.3) is 0 Å². The lowest BCUT2D eigenvalue weighted by atomic mass is 10.0. The van der Waals surface area contributed by atoms with Gasteiger partial charge < -0.3 is 5.32 Å². The van der Waals surface area contributed by atoms with Crippen LogP contribution >= 0.6 is 0 Å². The summed E-state index contributed by atoms with van der Waals surface area (Å²) in [6.07, 6.45) is 7.81. The number of allylic oxidation sites excluding steroid dienone is 1. The van der Waals surface area contributed by atoms with Gasteiger partial charge in [0.05, 0.1) is 0 Å². The van der Waals surface area contributed by atoms with E-state index >= 15 is 0 Å². The van der Waals surface area contributed by atoms with Crippen molar-refractivity contribution in [2.24, 2.45) is 5.92 Å². The van der Waals surface area contributed by atoms with Gasteiger partial charge >= 0.3 is 0 Å². The van der Waals surface area contributed by atoms with E-state index in [9.17, 15) is 0 Å². The second-order valence-corrected chi connectivity index (χ2v) is 3.77. The van der Waals surface area contributed by atoms with Gasteiger partial charge in [-0.05, 0) is 31.7 Å². The number of fused-ring (bicyclic) bond motifs is 1. The number of rotatable bonds is 2. The van der Waals surface area contributed by atoms with E-state index in [0.29, 0.717) is 0 Å². The first-order valence-electron chi connectivity index (χ1n) is 4.84.